The number of pyridine rings is 1. The number of hydrogen-bond acceptors (Lipinski definition) is 8. The number of nitrogens with zero attached hydrogens (tertiary/aromatic N) is 6. The van der Waals surface area contributed by atoms with Gasteiger partial charge >= 0.3 is 6.09 Å². The van der Waals surface area contributed by atoms with Crippen molar-refractivity contribution in [2.24, 2.45) is 15.9 Å². The number of halogens is 2. The second-order valence-electron chi connectivity index (χ2n) is 10.8. The fourth-order valence-electron chi connectivity index (χ4n) is 4.67. The van der Waals surface area contributed by atoms with Crippen LogP contribution in [-0.2, 0) is 4.74 Å². The van der Waals surface area contributed by atoms with Crippen LogP contribution in [0.1, 0.15) is 70.4 Å². The lowest BCUT2D eigenvalue weighted by atomic mass is 10.0. The molecule has 0 radical (unpaired) electrons. The molecule has 4 rings (SSSR count). The van der Waals surface area contributed by atoms with Gasteiger partial charge in [0.2, 0.25) is 5.88 Å². The average Bonchev–Trinajstić information content (AvgIpc) is 3.32. The lowest BCUT2D eigenvalue weighted by molar-refractivity contribution is 0.0207. The van der Waals surface area contributed by atoms with Crippen LogP contribution in [-0.4, -0.2) is 56.5 Å². The van der Waals surface area contributed by atoms with E-state index in [0.717, 1.165) is 12.1 Å². The molecule has 0 aliphatic carbocycles. The maximum absolute atomic E-state index is 14.5. The molecule has 216 valence electrons. The summed E-state index contributed by atoms with van der Waals surface area (Å²) in [5.74, 6) is 4.57. The predicted molar refractivity (Wildman–Crippen MR) is 150 cm³/mol. The number of nitrogens with two attached hydrogens (primary N) is 1. The number of rotatable bonds is 6. The summed E-state index contributed by atoms with van der Waals surface area (Å²) in [4.78, 5) is 23.2. The van der Waals surface area contributed by atoms with Crippen molar-refractivity contribution >= 4 is 23.2 Å². The Hall–Kier alpha value is -4.53. The van der Waals surface area contributed by atoms with E-state index in [0.29, 0.717) is 48.6 Å². The third-order valence-electron chi connectivity index (χ3n) is 6.62. The molecule has 10 nitrogen and oxygen atoms in total. The number of piperidine rings is 1. The summed E-state index contributed by atoms with van der Waals surface area (Å²) in [5.41, 5.74) is 1.67. The Morgan fingerprint density at radius 2 is 1.93 bits per heavy atom. The molecule has 1 fully saturated rings. The third-order valence-corrected chi connectivity index (χ3v) is 6.62. The molecule has 1 saturated heterocycles. The van der Waals surface area contributed by atoms with Crippen LogP contribution in [0.25, 0.3) is 5.65 Å². The van der Waals surface area contributed by atoms with Gasteiger partial charge in [-0.1, -0.05) is 0 Å². The van der Waals surface area contributed by atoms with Gasteiger partial charge in [0.1, 0.15) is 46.5 Å². The first-order valence-corrected chi connectivity index (χ1v) is 13.2. The Morgan fingerprint density at radius 3 is 2.54 bits per heavy atom. The van der Waals surface area contributed by atoms with Gasteiger partial charge in [-0.05, 0) is 65.7 Å². The number of aliphatic imine (C=N–C) groups is 1. The minimum Gasteiger partial charge on any atom is -0.471 e. The Morgan fingerprint density at radius 1 is 1.22 bits per heavy atom. The Bertz CT molecular complexity index is 1540. The normalized spacial score (nSPS) is 16.0. The lowest BCUT2D eigenvalue weighted by Crippen LogP contribution is -2.42. The lowest BCUT2D eigenvalue weighted by Gasteiger charge is -2.32. The second-order valence-corrected chi connectivity index (χ2v) is 10.8. The van der Waals surface area contributed by atoms with Crippen molar-refractivity contribution in [2.75, 3.05) is 13.1 Å². The molecule has 1 amide bonds. The maximum atomic E-state index is 14.5. The highest BCUT2D eigenvalue weighted by molar-refractivity contribution is 6.47. The molecular formula is C29H33F2N7O3. The molecular weight excluding hydrogens is 532 g/mol. The molecule has 0 saturated carbocycles. The Labute approximate surface area is 237 Å². The summed E-state index contributed by atoms with van der Waals surface area (Å²) in [6.07, 6.45) is 1.52. The predicted octanol–water partition coefficient (Wildman–Crippen LogP) is 5.15. The van der Waals surface area contributed by atoms with Crippen molar-refractivity contribution in [1.29, 1.82) is 5.26 Å². The van der Waals surface area contributed by atoms with Gasteiger partial charge in [-0.3, -0.25) is 9.39 Å². The minimum absolute atomic E-state index is 0.0528. The third kappa shape index (κ3) is 6.80. The minimum atomic E-state index is -0.828. The van der Waals surface area contributed by atoms with Gasteiger partial charge in [-0.2, -0.15) is 10.4 Å². The number of amides is 1. The SMILES string of the molecule is CC(=NC1CCN(C(=O)OC(C)(C)C)CC1)/C(=N\N)c1cc(OC(C)c2ccc(F)cc2F)n2c(C#N)cnc2c1. The number of hydrogen-bond donors (Lipinski definition) is 1. The van der Waals surface area contributed by atoms with Crippen LogP contribution in [0.4, 0.5) is 13.6 Å². The van der Waals surface area contributed by atoms with E-state index >= 15 is 0 Å². The van der Waals surface area contributed by atoms with Gasteiger partial charge in [-0.15, -0.1) is 0 Å². The summed E-state index contributed by atoms with van der Waals surface area (Å²) >= 11 is 0. The highest BCUT2D eigenvalue weighted by Gasteiger charge is 2.27. The quantitative estimate of drug-likeness (QED) is 0.250. The van der Waals surface area contributed by atoms with E-state index in [2.05, 4.69) is 16.2 Å². The average molecular weight is 566 g/mol. The standard InChI is InChI=1S/C29H33F2N7O3/c1-17(35-21-8-10-37(11-9-21)28(39)41-29(3,4)5)27(36-33)19-12-25-34-16-22(15-32)38(25)26(13-19)40-18(2)23-7-6-20(30)14-24(23)31/h6-7,12-14,16,18,21H,8-11,33H2,1-5H3/b35-17?,36-27+. The van der Waals surface area contributed by atoms with Gasteiger partial charge in [0.05, 0.1) is 18.0 Å². The smallest absolute Gasteiger partial charge is 0.410 e. The van der Waals surface area contributed by atoms with E-state index in [1.54, 1.807) is 30.9 Å². The number of ether oxygens (including phenoxy) is 2. The first-order chi connectivity index (χ1) is 19.4. The molecule has 3 aromatic rings. The fourth-order valence-corrected chi connectivity index (χ4v) is 4.67. The monoisotopic (exact) mass is 565 g/mol. The largest absolute Gasteiger partial charge is 0.471 e. The maximum Gasteiger partial charge on any atom is 0.410 e. The van der Waals surface area contributed by atoms with E-state index in [1.165, 1.54) is 16.7 Å². The molecule has 12 heteroatoms. The van der Waals surface area contributed by atoms with Gasteiger partial charge in [-0.25, -0.2) is 18.6 Å². The topological polar surface area (TPSA) is 131 Å². The molecule has 0 spiro atoms. The van der Waals surface area contributed by atoms with E-state index in [-0.39, 0.29) is 29.3 Å². The molecule has 0 bridgehead atoms. The molecule has 3 heterocycles. The van der Waals surface area contributed by atoms with Crippen LogP contribution in [0.5, 0.6) is 5.88 Å². The summed E-state index contributed by atoms with van der Waals surface area (Å²) in [5, 5.41) is 13.6. The number of likely N-dealkylation sites (tertiary alicyclic amines) is 1. The molecule has 2 aromatic heterocycles. The van der Waals surface area contributed by atoms with Gasteiger partial charge in [0.15, 0.2) is 0 Å². The number of benzene rings is 1. The number of imidazole rings is 1. The molecule has 2 N–H and O–H groups in total. The summed E-state index contributed by atoms with van der Waals surface area (Å²) in [6.45, 7) is 9.93. The number of aromatic nitrogens is 2. The number of hydrazone groups is 1. The van der Waals surface area contributed by atoms with Crippen molar-refractivity contribution < 1.29 is 23.0 Å². The zero-order chi connectivity index (χ0) is 29.9. The van der Waals surface area contributed by atoms with Crippen molar-refractivity contribution in [2.45, 2.75) is 65.2 Å². The molecule has 1 aromatic carbocycles. The molecule has 41 heavy (non-hydrogen) atoms. The van der Waals surface area contributed by atoms with Gasteiger partial charge in [0.25, 0.3) is 0 Å². The van der Waals surface area contributed by atoms with E-state index in [1.807, 2.05) is 20.8 Å². The summed E-state index contributed by atoms with van der Waals surface area (Å²) in [6, 6.07) is 8.60. The number of fused-ring (bicyclic) bond motifs is 1. The molecule has 1 atom stereocenters. The highest BCUT2D eigenvalue weighted by atomic mass is 19.1. The first kappa shape index (κ1) is 29.5. The van der Waals surface area contributed by atoms with Gasteiger partial charge in [0, 0.05) is 36.3 Å². The molecule has 1 aliphatic heterocycles. The number of carbonyl (C=O) groups is 1. The van der Waals surface area contributed by atoms with E-state index in [9.17, 15) is 18.8 Å². The van der Waals surface area contributed by atoms with Crippen LogP contribution in [0.3, 0.4) is 0 Å². The van der Waals surface area contributed by atoms with Crippen molar-refractivity contribution in [3.8, 4) is 11.9 Å². The molecule has 1 aliphatic rings. The Kier molecular flexibility index (Phi) is 8.56. The van der Waals surface area contributed by atoms with Crippen molar-refractivity contribution in [1.82, 2.24) is 14.3 Å². The van der Waals surface area contributed by atoms with Crippen molar-refractivity contribution in [3.63, 3.8) is 0 Å². The zero-order valence-electron chi connectivity index (χ0n) is 23.7. The molecule has 1 unspecified atom stereocenters. The van der Waals surface area contributed by atoms with E-state index < -0.39 is 23.3 Å². The van der Waals surface area contributed by atoms with Crippen LogP contribution < -0.4 is 10.6 Å². The second kappa shape index (κ2) is 11.9. The first-order valence-electron chi connectivity index (χ1n) is 13.2. The Balaban J connectivity index is 1.59. The van der Waals surface area contributed by atoms with Crippen LogP contribution in [0.2, 0.25) is 0 Å². The van der Waals surface area contributed by atoms with Crippen LogP contribution >= 0.6 is 0 Å². The van der Waals surface area contributed by atoms with Crippen LogP contribution in [0.15, 0.2) is 46.6 Å². The van der Waals surface area contributed by atoms with E-state index in [4.69, 9.17) is 20.3 Å². The summed E-state index contributed by atoms with van der Waals surface area (Å²) < 4.78 is 41.0. The highest BCUT2D eigenvalue weighted by Crippen LogP contribution is 2.28. The fraction of sp³-hybridized carbons (Fsp3) is 0.414. The zero-order valence-corrected chi connectivity index (χ0v) is 23.7. The number of nitriles is 1. The number of carbonyl (C=O) groups excluding carboxylic acids is 1. The summed E-state index contributed by atoms with van der Waals surface area (Å²) in [7, 11) is 0. The van der Waals surface area contributed by atoms with Gasteiger partial charge < -0.3 is 20.2 Å². The van der Waals surface area contributed by atoms with Crippen molar-refractivity contribution in [3.05, 3.63) is 65.0 Å². The van der Waals surface area contributed by atoms with Crippen LogP contribution in [0, 0.1) is 23.0 Å².